The molecular formula is C22H25N5O4. The van der Waals surface area contributed by atoms with Crippen molar-refractivity contribution in [2.45, 2.75) is 26.0 Å². The number of hydrogen-bond acceptors (Lipinski definition) is 6. The Kier molecular flexibility index (Phi) is 7.98. The molecule has 3 rings (SSSR count). The van der Waals surface area contributed by atoms with Crippen LogP contribution in [0.4, 0.5) is 4.79 Å². The molecule has 3 N–H and O–H groups in total. The minimum absolute atomic E-state index is 0.137. The van der Waals surface area contributed by atoms with Gasteiger partial charge in [0.15, 0.2) is 5.82 Å². The smallest absolute Gasteiger partial charge is 0.407 e. The van der Waals surface area contributed by atoms with Gasteiger partial charge in [-0.05, 0) is 36.2 Å². The van der Waals surface area contributed by atoms with Gasteiger partial charge in [0.2, 0.25) is 5.91 Å². The Labute approximate surface area is 180 Å². The minimum Gasteiger partial charge on any atom is -0.497 e. The number of carbonyl (C=O) groups is 2. The molecule has 0 saturated heterocycles. The lowest BCUT2D eigenvalue weighted by Gasteiger charge is -2.07. The van der Waals surface area contributed by atoms with Crippen LogP contribution in [0.3, 0.4) is 0 Å². The SMILES string of the molecule is COc1ccc(-c2n[nH]c(CNC(=O)CCCNC(=O)OCc3ccccc3)n2)cc1. The highest BCUT2D eigenvalue weighted by molar-refractivity contribution is 5.75. The van der Waals surface area contributed by atoms with Gasteiger partial charge in [-0.1, -0.05) is 30.3 Å². The van der Waals surface area contributed by atoms with Gasteiger partial charge in [-0.2, -0.15) is 5.10 Å². The number of aromatic amines is 1. The molecule has 3 aromatic rings. The van der Waals surface area contributed by atoms with Crippen LogP contribution in [-0.4, -0.2) is 40.8 Å². The molecule has 2 aromatic carbocycles. The Morgan fingerprint density at radius 2 is 1.81 bits per heavy atom. The van der Waals surface area contributed by atoms with Crippen LogP contribution in [0.5, 0.6) is 5.75 Å². The normalized spacial score (nSPS) is 10.4. The molecule has 2 amide bonds. The maximum atomic E-state index is 12.0. The molecule has 0 bridgehead atoms. The molecule has 1 aromatic heterocycles. The van der Waals surface area contributed by atoms with Crippen molar-refractivity contribution in [3.05, 3.63) is 66.0 Å². The minimum atomic E-state index is -0.503. The third-order valence-corrected chi connectivity index (χ3v) is 4.40. The number of benzene rings is 2. The predicted octanol–water partition coefficient (Wildman–Crippen LogP) is 2.80. The predicted molar refractivity (Wildman–Crippen MR) is 114 cm³/mol. The molecule has 0 atom stereocenters. The number of alkyl carbamates (subject to hydrolysis) is 1. The van der Waals surface area contributed by atoms with Gasteiger partial charge in [-0.15, -0.1) is 0 Å². The fraction of sp³-hybridized carbons (Fsp3) is 0.273. The van der Waals surface area contributed by atoms with Crippen molar-refractivity contribution in [1.82, 2.24) is 25.8 Å². The summed E-state index contributed by atoms with van der Waals surface area (Å²) in [6, 6.07) is 16.8. The van der Waals surface area contributed by atoms with Crippen molar-refractivity contribution in [2.24, 2.45) is 0 Å². The topological polar surface area (TPSA) is 118 Å². The van der Waals surface area contributed by atoms with E-state index in [4.69, 9.17) is 9.47 Å². The van der Waals surface area contributed by atoms with E-state index in [1.54, 1.807) is 7.11 Å². The first-order valence-corrected chi connectivity index (χ1v) is 9.91. The molecule has 0 aliphatic rings. The van der Waals surface area contributed by atoms with E-state index in [-0.39, 0.29) is 25.5 Å². The number of hydrogen-bond donors (Lipinski definition) is 3. The number of aromatic nitrogens is 3. The van der Waals surface area contributed by atoms with Crippen molar-refractivity contribution < 1.29 is 19.1 Å². The van der Waals surface area contributed by atoms with E-state index in [9.17, 15) is 9.59 Å². The molecule has 0 unspecified atom stereocenters. The van der Waals surface area contributed by atoms with Crippen LogP contribution in [0.15, 0.2) is 54.6 Å². The van der Waals surface area contributed by atoms with E-state index in [0.29, 0.717) is 24.6 Å². The summed E-state index contributed by atoms with van der Waals surface area (Å²) in [6.45, 7) is 0.808. The number of rotatable bonds is 10. The zero-order valence-electron chi connectivity index (χ0n) is 17.3. The summed E-state index contributed by atoms with van der Waals surface area (Å²) in [5.41, 5.74) is 1.76. The van der Waals surface area contributed by atoms with E-state index in [1.165, 1.54) is 0 Å². The van der Waals surface area contributed by atoms with Crippen LogP contribution in [-0.2, 0) is 22.7 Å². The van der Waals surface area contributed by atoms with Crippen molar-refractivity contribution in [3.8, 4) is 17.1 Å². The van der Waals surface area contributed by atoms with E-state index >= 15 is 0 Å². The molecule has 0 radical (unpaired) electrons. The van der Waals surface area contributed by atoms with E-state index in [1.807, 2.05) is 54.6 Å². The second-order valence-electron chi connectivity index (χ2n) is 6.70. The Morgan fingerprint density at radius 3 is 2.55 bits per heavy atom. The first-order chi connectivity index (χ1) is 15.1. The van der Waals surface area contributed by atoms with E-state index in [2.05, 4.69) is 25.8 Å². The van der Waals surface area contributed by atoms with Gasteiger partial charge >= 0.3 is 6.09 Å². The van der Waals surface area contributed by atoms with Crippen LogP contribution in [0.1, 0.15) is 24.2 Å². The highest BCUT2D eigenvalue weighted by Crippen LogP contribution is 2.18. The molecule has 0 spiro atoms. The first-order valence-electron chi connectivity index (χ1n) is 9.91. The summed E-state index contributed by atoms with van der Waals surface area (Å²) >= 11 is 0. The lowest BCUT2D eigenvalue weighted by molar-refractivity contribution is -0.121. The molecule has 0 aliphatic carbocycles. The zero-order valence-corrected chi connectivity index (χ0v) is 17.3. The van der Waals surface area contributed by atoms with Crippen molar-refractivity contribution in [1.29, 1.82) is 0 Å². The molecule has 31 heavy (non-hydrogen) atoms. The van der Waals surface area contributed by atoms with Gasteiger partial charge in [0.05, 0.1) is 13.7 Å². The molecule has 9 heteroatoms. The number of nitrogens with one attached hydrogen (secondary N) is 3. The van der Waals surface area contributed by atoms with Crippen LogP contribution < -0.4 is 15.4 Å². The van der Waals surface area contributed by atoms with Gasteiger partial charge in [0.25, 0.3) is 0 Å². The van der Waals surface area contributed by atoms with Crippen LogP contribution in [0.2, 0.25) is 0 Å². The number of H-pyrrole nitrogens is 1. The second-order valence-corrected chi connectivity index (χ2v) is 6.70. The average Bonchev–Trinajstić information content (AvgIpc) is 3.29. The third-order valence-electron chi connectivity index (χ3n) is 4.40. The summed E-state index contributed by atoms with van der Waals surface area (Å²) < 4.78 is 10.2. The molecule has 0 saturated carbocycles. The van der Waals surface area contributed by atoms with Gasteiger partial charge < -0.3 is 20.1 Å². The summed E-state index contributed by atoms with van der Waals surface area (Å²) in [7, 11) is 1.61. The summed E-state index contributed by atoms with van der Waals surface area (Å²) in [4.78, 5) is 28.0. The Morgan fingerprint density at radius 1 is 1.03 bits per heavy atom. The maximum absolute atomic E-state index is 12.0. The molecule has 0 aliphatic heterocycles. The number of amides is 2. The number of carbonyl (C=O) groups excluding carboxylic acids is 2. The van der Waals surface area contributed by atoms with Gasteiger partial charge in [-0.25, -0.2) is 9.78 Å². The van der Waals surface area contributed by atoms with Crippen LogP contribution in [0.25, 0.3) is 11.4 Å². The summed E-state index contributed by atoms with van der Waals surface area (Å²) in [5.74, 6) is 1.72. The fourth-order valence-corrected chi connectivity index (χ4v) is 2.73. The Bertz CT molecular complexity index is 973. The summed E-state index contributed by atoms with van der Waals surface area (Å²) in [6.07, 6.45) is 0.273. The third kappa shape index (κ3) is 7.14. The largest absolute Gasteiger partial charge is 0.497 e. The maximum Gasteiger partial charge on any atom is 0.407 e. The average molecular weight is 423 g/mol. The number of methoxy groups -OCH3 is 1. The van der Waals surface area contributed by atoms with Gasteiger partial charge in [-0.3, -0.25) is 9.89 Å². The molecule has 0 fully saturated rings. The van der Waals surface area contributed by atoms with Crippen molar-refractivity contribution in [2.75, 3.05) is 13.7 Å². The monoisotopic (exact) mass is 423 g/mol. The van der Waals surface area contributed by atoms with E-state index in [0.717, 1.165) is 16.9 Å². The number of nitrogens with zero attached hydrogens (tertiary/aromatic N) is 2. The number of ether oxygens (including phenoxy) is 2. The standard InChI is InChI=1S/C22H25N5O4/c1-30-18-11-9-17(10-12-18)21-25-19(26-27-21)14-24-20(28)8-5-13-23-22(29)31-15-16-6-3-2-4-7-16/h2-4,6-7,9-12H,5,8,13-15H2,1H3,(H,23,29)(H,24,28)(H,25,26,27). The van der Waals surface area contributed by atoms with Crippen LogP contribution >= 0.6 is 0 Å². The quantitative estimate of drug-likeness (QED) is 0.432. The van der Waals surface area contributed by atoms with Crippen molar-refractivity contribution >= 4 is 12.0 Å². The first kappa shape index (κ1) is 21.8. The van der Waals surface area contributed by atoms with Crippen molar-refractivity contribution in [3.63, 3.8) is 0 Å². The highest BCUT2D eigenvalue weighted by Gasteiger charge is 2.08. The molecule has 9 nitrogen and oxygen atoms in total. The van der Waals surface area contributed by atoms with E-state index < -0.39 is 6.09 Å². The second kappa shape index (κ2) is 11.3. The lowest BCUT2D eigenvalue weighted by atomic mass is 10.2. The fourth-order valence-electron chi connectivity index (χ4n) is 2.73. The summed E-state index contributed by atoms with van der Waals surface area (Å²) in [5, 5.41) is 12.4. The molecule has 162 valence electrons. The highest BCUT2D eigenvalue weighted by atomic mass is 16.5. The Balaban J connectivity index is 1.30. The van der Waals surface area contributed by atoms with Gasteiger partial charge in [0.1, 0.15) is 18.2 Å². The van der Waals surface area contributed by atoms with Crippen LogP contribution in [0, 0.1) is 0 Å². The zero-order chi connectivity index (χ0) is 21.9. The van der Waals surface area contributed by atoms with Gasteiger partial charge in [0, 0.05) is 18.5 Å². The molecular weight excluding hydrogens is 398 g/mol. The Hall–Kier alpha value is -3.88. The molecule has 1 heterocycles. The lowest BCUT2D eigenvalue weighted by Crippen LogP contribution is -2.28.